The second-order valence-electron chi connectivity index (χ2n) is 19.5. The van der Waals surface area contributed by atoms with E-state index in [4.69, 9.17) is 23.7 Å². The van der Waals surface area contributed by atoms with Crippen LogP contribution in [0.1, 0.15) is 201 Å². The minimum atomic E-state index is -1.93. The Labute approximate surface area is 476 Å². The van der Waals surface area contributed by atoms with Crippen molar-refractivity contribution in [2.24, 2.45) is 0 Å². The monoisotopic (exact) mass is 1100 g/mol. The fourth-order valence-corrected chi connectivity index (χ4v) is 7.94. The van der Waals surface area contributed by atoms with Crippen LogP contribution in [0.5, 0.6) is 0 Å². The average molecular weight is 1100 g/mol. The summed E-state index contributed by atoms with van der Waals surface area (Å²) in [6.07, 6.45) is 63.9. The molecule has 6 unspecified atom stereocenters. The molecule has 1 heterocycles. The molecular formula is C67H102O12. The number of ether oxygens (including phenoxy) is 5. The highest BCUT2D eigenvalue weighted by atomic mass is 16.7. The topological polar surface area (TPSA) is 175 Å². The molecule has 0 aromatic carbocycles. The number of carboxylic acids is 1. The summed E-state index contributed by atoms with van der Waals surface area (Å²) in [5.41, 5.74) is 0. The first-order valence-corrected chi connectivity index (χ1v) is 29.8. The predicted octanol–water partition coefficient (Wildman–Crippen LogP) is 15.6. The Morgan fingerprint density at radius 2 is 0.772 bits per heavy atom. The van der Waals surface area contributed by atoms with Crippen LogP contribution in [-0.2, 0) is 42.9 Å². The van der Waals surface area contributed by atoms with Crippen LogP contribution in [0.15, 0.2) is 146 Å². The van der Waals surface area contributed by atoms with E-state index < -0.39 is 67.3 Å². The number of hydrogen-bond acceptors (Lipinski definition) is 11. The van der Waals surface area contributed by atoms with Crippen molar-refractivity contribution in [1.82, 2.24) is 0 Å². The number of hydrogen-bond donors (Lipinski definition) is 3. The zero-order valence-electron chi connectivity index (χ0n) is 48.5. The molecule has 0 bridgehead atoms. The molecule has 6 atom stereocenters. The van der Waals surface area contributed by atoms with E-state index in [0.717, 1.165) is 135 Å². The fraction of sp³-hybridized carbons (Fsp3) is 0.582. The van der Waals surface area contributed by atoms with Gasteiger partial charge >= 0.3 is 23.9 Å². The van der Waals surface area contributed by atoms with Gasteiger partial charge in [0.1, 0.15) is 18.8 Å². The van der Waals surface area contributed by atoms with Gasteiger partial charge in [0, 0.05) is 19.3 Å². The Hall–Kier alpha value is -5.40. The molecule has 3 N–H and O–H groups in total. The lowest BCUT2D eigenvalue weighted by Gasteiger charge is -2.40. The number of rotatable bonds is 48. The number of carboxylic acid groups (broad SMARTS) is 1. The van der Waals surface area contributed by atoms with Crippen molar-refractivity contribution in [3.8, 4) is 0 Å². The summed E-state index contributed by atoms with van der Waals surface area (Å²) in [4.78, 5) is 51.2. The Kier molecular flexibility index (Phi) is 48.3. The molecule has 79 heavy (non-hydrogen) atoms. The molecule has 0 aromatic rings. The molecule has 0 aromatic heterocycles. The first kappa shape index (κ1) is 71.6. The number of carbonyl (C=O) groups excluding carboxylic acids is 3. The molecular weight excluding hydrogens is 997 g/mol. The van der Waals surface area contributed by atoms with Gasteiger partial charge in [0.15, 0.2) is 24.6 Å². The molecule has 1 rings (SSSR count). The smallest absolute Gasteiger partial charge is 0.335 e. The van der Waals surface area contributed by atoms with Crippen LogP contribution in [0.2, 0.25) is 0 Å². The molecule has 0 amide bonds. The average Bonchev–Trinajstić information content (AvgIpc) is 3.47. The maximum absolute atomic E-state index is 13.1. The number of aliphatic hydroxyl groups excluding tert-OH is 2. The van der Waals surface area contributed by atoms with E-state index in [-0.39, 0.29) is 25.9 Å². The third-order valence-corrected chi connectivity index (χ3v) is 12.4. The zero-order valence-corrected chi connectivity index (χ0v) is 48.5. The van der Waals surface area contributed by atoms with Crippen LogP contribution in [0, 0.1) is 0 Å². The maximum atomic E-state index is 13.1. The Morgan fingerprint density at radius 3 is 1.22 bits per heavy atom. The molecule has 0 aliphatic carbocycles. The van der Waals surface area contributed by atoms with Gasteiger partial charge in [-0.2, -0.15) is 0 Å². The largest absolute Gasteiger partial charge is 0.479 e. The highest BCUT2D eigenvalue weighted by Crippen LogP contribution is 2.26. The summed E-state index contributed by atoms with van der Waals surface area (Å²) < 4.78 is 28.3. The van der Waals surface area contributed by atoms with E-state index in [0.29, 0.717) is 25.7 Å². The summed E-state index contributed by atoms with van der Waals surface area (Å²) in [5.74, 6) is -3.29. The molecule has 1 fully saturated rings. The van der Waals surface area contributed by atoms with Gasteiger partial charge in [-0.3, -0.25) is 14.4 Å². The van der Waals surface area contributed by atoms with Gasteiger partial charge in [0.05, 0.1) is 6.61 Å². The summed E-state index contributed by atoms with van der Waals surface area (Å²) >= 11 is 0. The highest BCUT2D eigenvalue weighted by Gasteiger charge is 2.50. The lowest BCUT2D eigenvalue weighted by molar-refractivity contribution is -0.301. The van der Waals surface area contributed by atoms with Gasteiger partial charge in [0.25, 0.3) is 0 Å². The molecule has 0 spiro atoms. The molecule has 12 nitrogen and oxygen atoms in total. The van der Waals surface area contributed by atoms with Gasteiger partial charge in [-0.05, 0) is 128 Å². The van der Waals surface area contributed by atoms with E-state index in [1.807, 2.05) is 6.08 Å². The van der Waals surface area contributed by atoms with Gasteiger partial charge in [-0.1, -0.05) is 199 Å². The third-order valence-electron chi connectivity index (χ3n) is 12.4. The lowest BCUT2D eigenvalue weighted by Crippen LogP contribution is -2.61. The number of aliphatic carboxylic acids is 1. The van der Waals surface area contributed by atoms with Crippen molar-refractivity contribution >= 4 is 23.9 Å². The van der Waals surface area contributed by atoms with E-state index in [1.165, 1.54) is 0 Å². The Balaban J connectivity index is 2.77. The van der Waals surface area contributed by atoms with Crippen molar-refractivity contribution < 1.29 is 58.2 Å². The fourth-order valence-electron chi connectivity index (χ4n) is 7.94. The van der Waals surface area contributed by atoms with E-state index in [1.54, 1.807) is 0 Å². The third kappa shape index (κ3) is 43.1. The quantitative estimate of drug-likeness (QED) is 0.0228. The lowest BCUT2D eigenvalue weighted by atomic mass is 9.98. The first-order valence-electron chi connectivity index (χ1n) is 29.8. The van der Waals surface area contributed by atoms with Crippen molar-refractivity contribution in [3.05, 3.63) is 146 Å². The summed E-state index contributed by atoms with van der Waals surface area (Å²) in [6, 6.07) is 0. The summed E-state index contributed by atoms with van der Waals surface area (Å²) in [7, 11) is 0. The van der Waals surface area contributed by atoms with Crippen LogP contribution in [0.4, 0.5) is 0 Å². The second-order valence-corrected chi connectivity index (χ2v) is 19.5. The number of unbranched alkanes of at least 4 members (excludes halogenated alkanes) is 10. The second kappa shape index (κ2) is 53.3. The number of allylic oxidation sites excluding steroid dienone is 24. The van der Waals surface area contributed by atoms with Crippen LogP contribution < -0.4 is 0 Å². The van der Waals surface area contributed by atoms with Crippen LogP contribution in [0.3, 0.4) is 0 Å². The first-order chi connectivity index (χ1) is 38.6. The number of esters is 3. The Bertz CT molecular complexity index is 1930. The van der Waals surface area contributed by atoms with Crippen LogP contribution >= 0.6 is 0 Å². The van der Waals surface area contributed by atoms with E-state index in [2.05, 4.69) is 161 Å². The van der Waals surface area contributed by atoms with Crippen molar-refractivity contribution in [3.63, 3.8) is 0 Å². The number of aliphatic hydroxyl groups is 2. The maximum Gasteiger partial charge on any atom is 0.335 e. The van der Waals surface area contributed by atoms with Gasteiger partial charge in [0.2, 0.25) is 0 Å². The zero-order chi connectivity index (χ0) is 57.5. The molecule has 0 radical (unpaired) electrons. The van der Waals surface area contributed by atoms with Crippen molar-refractivity contribution in [1.29, 1.82) is 0 Å². The molecule has 12 heteroatoms. The SMILES string of the molecule is CC/C=C\C/C=C\C/C=C\C/C=C\C/C=C\CCCC(=O)OCC(COC1OC(C(=O)O)C(O)C(O)C1OC(=O)CCCCCCCCC/C=C\C/C=C\C/C=C\CC)OC(=O)CCCC/C=C\C/C=C\C/C=C\C/C=C\CC. The van der Waals surface area contributed by atoms with E-state index in [9.17, 15) is 34.5 Å². The van der Waals surface area contributed by atoms with Gasteiger partial charge in [-0.25, -0.2) is 4.79 Å². The molecule has 0 saturated carbocycles. The van der Waals surface area contributed by atoms with Crippen LogP contribution in [0.25, 0.3) is 0 Å². The predicted molar refractivity (Wildman–Crippen MR) is 321 cm³/mol. The van der Waals surface area contributed by atoms with Crippen molar-refractivity contribution in [2.45, 2.75) is 237 Å². The standard InChI is InChI=1S/C67H102O12/c1-4-7-10-13-16-19-22-25-28-30-33-35-38-41-44-47-50-53-59(68)75-56-58(77-60(69)54-51-48-45-42-39-36-32-27-24-21-18-15-12-9-6-3)57-76-67-65(63(72)62(71)64(79-67)66(73)74)78-61(70)55-52-49-46-43-40-37-34-31-29-26-23-20-17-14-11-8-5-2/h7-12,16-21,25-29,32-33,35,39,41-42,44,58,62-65,67,71-72H,4-6,13-15,22-24,30-31,34,36-38,40,43,45-57H2,1-3H3,(H,73,74)/b10-7-,11-8-,12-9-,19-16-,20-17-,21-18-,28-25-,29-26-,32-27-,35-33-,42-39-,44-41-. The molecule has 1 aliphatic rings. The molecule has 442 valence electrons. The van der Waals surface area contributed by atoms with Crippen molar-refractivity contribution in [2.75, 3.05) is 13.2 Å². The normalized spacial score (nSPS) is 18.9. The Morgan fingerprint density at radius 1 is 0.418 bits per heavy atom. The summed E-state index contributed by atoms with van der Waals surface area (Å²) in [5, 5.41) is 31.5. The van der Waals surface area contributed by atoms with Crippen LogP contribution in [-0.4, -0.2) is 89.2 Å². The molecule has 1 aliphatic heterocycles. The number of carbonyl (C=O) groups is 4. The minimum absolute atomic E-state index is 0.0298. The highest BCUT2D eigenvalue weighted by molar-refractivity contribution is 5.74. The van der Waals surface area contributed by atoms with Gasteiger partial charge < -0.3 is 39.0 Å². The minimum Gasteiger partial charge on any atom is -0.479 e. The van der Waals surface area contributed by atoms with Gasteiger partial charge in [-0.15, -0.1) is 0 Å². The summed E-state index contributed by atoms with van der Waals surface area (Å²) in [6.45, 7) is 5.55. The van der Waals surface area contributed by atoms with E-state index >= 15 is 0 Å². The molecule has 1 saturated heterocycles.